The van der Waals surface area contributed by atoms with E-state index < -0.39 is 5.92 Å². The highest BCUT2D eigenvalue weighted by Crippen LogP contribution is 2.17. The molecule has 0 bridgehead atoms. The number of carbonyl (C=O) groups is 2. The SMILES string of the molecule is CCCCC[C@@H](CN(O)C=O)C(=O)NNc1ccn(Cc2cccc3cccnc23)c(=O)c1. The maximum atomic E-state index is 12.6. The molecule has 0 aliphatic rings. The van der Waals surface area contributed by atoms with E-state index in [4.69, 9.17) is 0 Å². The maximum Gasteiger partial charge on any atom is 0.252 e. The van der Waals surface area contributed by atoms with Crippen LogP contribution in [0, 0.1) is 5.92 Å². The monoisotopic (exact) mass is 451 g/mol. The summed E-state index contributed by atoms with van der Waals surface area (Å²) in [5, 5.41) is 11.0. The van der Waals surface area contributed by atoms with Crippen LogP contribution in [0.1, 0.15) is 38.2 Å². The van der Waals surface area contributed by atoms with Crippen molar-refractivity contribution in [3.8, 4) is 0 Å². The summed E-state index contributed by atoms with van der Waals surface area (Å²) in [6, 6.07) is 12.8. The third kappa shape index (κ3) is 6.63. The summed E-state index contributed by atoms with van der Waals surface area (Å²) >= 11 is 0. The van der Waals surface area contributed by atoms with Gasteiger partial charge in [0, 0.05) is 23.8 Å². The Hall–Kier alpha value is -3.72. The largest absolute Gasteiger partial charge is 0.311 e. The zero-order valence-corrected chi connectivity index (χ0v) is 18.6. The van der Waals surface area contributed by atoms with Gasteiger partial charge in [-0.15, -0.1) is 0 Å². The molecular formula is C24H29N5O4. The average Bonchev–Trinajstić information content (AvgIpc) is 2.83. The Bertz CT molecular complexity index is 1140. The molecule has 9 heteroatoms. The first-order valence-corrected chi connectivity index (χ1v) is 11.0. The number of hydrogen-bond donors (Lipinski definition) is 3. The first-order valence-electron chi connectivity index (χ1n) is 11.0. The molecule has 0 fully saturated rings. The fourth-order valence-electron chi connectivity index (χ4n) is 3.65. The van der Waals surface area contributed by atoms with Crippen LogP contribution in [-0.2, 0) is 16.1 Å². The minimum Gasteiger partial charge on any atom is -0.311 e. The van der Waals surface area contributed by atoms with Crippen molar-refractivity contribution in [1.29, 1.82) is 0 Å². The number of nitrogens with zero attached hydrogens (tertiary/aromatic N) is 3. The number of unbranched alkanes of at least 4 members (excludes halogenated alkanes) is 2. The molecule has 0 spiro atoms. The van der Waals surface area contributed by atoms with Gasteiger partial charge in [-0.05, 0) is 24.1 Å². The van der Waals surface area contributed by atoms with Crippen molar-refractivity contribution in [2.45, 2.75) is 39.2 Å². The fourth-order valence-corrected chi connectivity index (χ4v) is 3.65. The Morgan fingerprint density at radius 1 is 1.24 bits per heavy atom. The molecular weight excluding hydrogens is 422 g/mol. The minimum absolute atomic E-state index is 0.0958. The highest BCUT2D eigenvalue weighted by atomic mass is 16.5. The zero-order chi connectivity index (χ0) is 23.6. The number of carbonyl (C=O) groups excluding carboxylic acids is 2. The minimum atomic E-state index is -0.571. The molecule has 174 valence electrons. The van der Waals surface area contributed by atoms with Gasteiger partial charge in [0.25, 0.3) is 5.56 Å². The lowest BCUT2D eigenvalue weighted by Gasteiger charge is -2.20. The van der Waals surface area contributed by atoms with Gasteiger partial charge in [0.1, 0.15) is 0 Å². The third-order valence-electron chi connectivity index (χ3n) is 5.44. The second kappa shape index (κ2) is 11.8. The van der Waals surface area contributed by atoms with Crippen LogP contribution >= 0.6 is 0 Å². The fraction of sp³-hybridized carbons (Fsp3) is 0.333. The van der Waals surface area contributed by atoms with E-state index in [1.54, 1.807) is 23.0 Å². The van der Waals surface area contributed by atoms with Gasteiger partial charge in [-0.25, -0.2) is 5.06 Å². The predicted molar refractivity (Wildman–Crippen MR) is 126 cm³/mol. The number of aromatic nitrogens is 2. The number of hydrogen-bond acceptors (Lipinski definition) is 6. The van der Waals surface area contributed by atoms with Crippen molar-refractivity contribution in [3.63, 3.8) is 0 Å². The van der Waals surface area contributed by atoms with E-state index in [1.807, 2.05) is 30.3 Å². The molecule has 1 aromatic carbocycles. The van der Waals surface area contributed by atoms with Crippen LogP contribution in [0.5, 0.6) is 0 Å². The summed E-state index contributed by atoms with van der Waals surface area (Å²) in [6.07, 6.45) is 6.94. The molecule has 3 N–H and O–H groups in total. The molecule has 3 aromatic rings. The Kier molecular flexibility index (Phi) is 8.54. The number of para-hydroxylation sites is 1. The molecule has 2 aromatic heterocycles. The molecule has 0 aliphatic heterocycles. The summed E-state index contributed by atoms with van der Waals surface area (Å²) < 4.78 is 1.57. The van der Waals surface area contributed by atoms with Crippen LogP contribution in [0.3, 0.4) is 0 Å². The number of hydrazine groups is 1. The van der Waals surface area contributed by atoms with Crippen LogP contribution in [0.25, 0.3) is 10.9 Å². The number of nitrogens with one attached hydrogen (secondary N) is 2. The van der Waals surface area contributed by atoms with Gasteiger partial charge < -0.3 is 4.57 Å². The van der Waals surface area contributed by atoms with Gasteiger partial charge >= 0.3 is 0 Å². The number of hydroxylamine groups is 2. The van der Waals surface area contributed by atoms with Crippen LogP contribution in [0.2, 0.25) is 0 Å². The first-order chi connectivity index (χ1) is 16.0. The van der Waals surface area contributed by atoms with Gasteiger partial charge in [0.15, 0.2) is 0 Å². The summed E-state index contributed by atoms with van der Waals surface area (Å²) in [5.41, 5.74) is 7.32. The number of anilines is 1. The van der Waals surface area contributed by atoms with E-state index in [1.165, 1.54) is 6.07 Å². The van der Waals surface area contributed by atoms with E-state index in [9.17, 15) is 19.6 Å². The predicted octanol–water partition coefficient (Wildman–Crippen LogP) is 2.93. The summed E-state index contributed by atoms with van der Waals surface area (Å²) in [7, 11) is 0. The molecule has 0 radical (unpaired) electrons. The van der Waals surface area contributed by atoms with Gasteiger partial charge in [0.2, 0.25) is 12.3 Å². The number of benzene rings is 1. The average molecular weight is 452 g/mol. The molecule has 1 atom stereocenters. The van der Waals surface area contributed by atoms with Crippen LogP contribution in [0.4, 0.5) is 5.69 Å². The molecule has 0 unspecified atom stereocenters. The quantitative estimate of drug-likeness (QED) is 0.169. The number of pyridine rings is 2. The summed E-state index contributed by atoms with van der Waals surface area (Å²) in [6.45, 7) is 2.33. The second-order valence-corrected chi connectivity index (χ2v) is 7.91. The maximum absolute atomic E-state index is 12.6. The summed E-state index contributed by atoms with van der Waals surface area (Å²) in [4.78, 5) is 40.3. The normalized spacial score (nSPS) is 11.7. The van der Waals surface area contributed by atoms with E-state index in [0.29, 0.717) is 23.7 Å². The van der Waals surface area contributed by atoms with Gasteiger partial charge in [-0.1, -0.05) is 50.5 Å². The molecule has 9 nitrogen and oxygen atoms in total. The molecule has 33 heavy (non-hydrogen) atoms. The third-order valence-corrected chi connectivity index (χ3v) is 5.44. The van der Waals surface area contributed by atoms with Crippen molar-refractivity contribution in [2.24, 2.45) is 5.92 Å². The van der Waals surface area contributed by atoms with Crippen LogP contribution in [0.15, 0.2) is 59.7 Å². The first kappa shape index (κ1) is 23.9. The van der Waals surface area contributed by atoms with Crippen LogP contribution in [-0.4, -0.2) is 38.7 Å². The van der Waals surface area contributed by atoms with Gasteiger partial charge in [-0.3, -0.25) is 35.4 Å². The number of amides is 2. The highest BCUT2D eigenvalue weighted by Gasteiger charge is 2.20. The Morgan fingerprint density at radius 2 is 2.06 bits per heavy atom. The Labute approximate surface area is 192 Å². The van der Waals surface area contributed by atoms with Crippen molar-refractivity contribution in [2.75, 3.05) is 12.0 Å². The standard InChI is InChI=1S/C24H29N5O4/c1-2-3-4-7-20(16-29(33)17-30)24(32)27-26-21-11-13-28(22(31)14-21)15-19-9-5-8-18-10-6-12-25-23(18)19/h5-6,8-14,17,20,26,33H,2-4,7,15-16H2,1H3,(H,27,32)/t20-/m0/s1. The Morgan fingerprint density at radius 3 is 2.82 bits per heavy atom. The molecule has 3 rings (SSSR count). The smallest absolute Gasteiger partial charge is 0.252 e. The number of fused-ring (bicyclic) bond motifs is 1. The lowest BCUT2D eigenvalue weighted by molar-refractivity contribution is -0.154. The molecule has 0 aliphatic carbocycles. The van der Waals surface area contributed by atoms with E-state index >= 15 is 0 Å². The van der Waals surface area contributed by atoms with Crippen molar-refractivity contribution in [1.82, 2.24) is 20.0 Å². The lowest BCUT2D eigenvalue weighted by atomic mass is 10.0. The van der Waals surface area contributed by atoms with Crippen molar-refractivity contribution < 1.29 is 14.8 Å². The van der Waals surface area contributed by atoms with Crippen LogP contribution < -0.4 is 16.4 Å². The Balaban J connectivity index is 1.65. The van der Waals surface area contributed by atoms with E-state index in [0.717, 1.165) is 35.7 Å². The van der Waals surface area contributed by atoms with E-state index in [-0.39, 0.29) is 24.4 Å². The van der Waals surface area contributed by atoms with Crippen molar-refractivity contribution in [3.05, 3.63) is 70.8 Å². The second-order valence-electron chi connectivity index (χ2n) is 7.91. The molecule has 0 saturated heterocycles. The van der Waals surface area contributed by atoms with Gasteiger partial charge in [0.05, 0.1) is 30.2 Å². The molecule has 2 amide bonds. The van der Waals surface area contributed by atoms with Crippen molar-refractivity contribution >= 4 is 28.9 Å². The summed E-state index contributed by atoms with van der Waals surface area (Å²) in [5.74, 6) is -0.934. The number of rotatable bonds is 12. The lowest BCUT2D eigenvalue weighted by Crippen LogP contribution is -2.40. The van der Waals surface area contributed by atoms with Gasteiger partial charge in [-0.2, -0.15) is 0 Å². The zero-order valence-electron chi connectivity index (χ0n) is 18.6. The topological polar surface area (TPSA) is 117 Å². The van der Waals surface area contributed by atoms with E-state index in [2.05, 4.69) is 22.8 Å². The molecule has 0 saturated carbocycles. The molecule has 2 heterocycles. The highest BCUT2D eigenvalue weighted by molar-refractivity contribution is 5.81.